The first kappa shape index (κ1) is 31.8. The Morgan fingerprint density at radius 3 is 2.38 bits per heavy atom. The minimum Gasteiger partial charge on any atom is -0.480 e. The van der Waals surface area contributed by atoms with Crippen LogP contribution in [-0.4, -0.2) is 36.4 Å². The Bertz CT molecular complexity index is 2300. The van der Waals surface area contributed by atoms with Crippen LogP contribution >= 0.6 is 0 Å². The van der Waals surface area contributed by atoms with Crippen molar-refractivity contribution >= 4 is 43.9 Å². The number of methoxy groups -OCH3 is 1. The molecule has 4 N–H and O–H groups in total. The van der Waals surface area contributed by atoms with Crippen molar-refractivity contribution in [3.05, 3.63) is 120 Å². The second-order valence-electron chi connectivity index (χ2n) is 10.5. The van der Waals surface area contributed by atoms with Gasteiger partial charge in [0, 0.05) is 34.5 Å². The van der Waals surface area contributed by atoms with Gasteiger partial charge in [-0.3, -0.25) is 9.52 Å². The molecule has 242 valence electrons. The number of sulfonamides is 1. The maximum Gasteiger partial charge on any atom is 0.264 e. The highest BCUT2D eigenvalue weighted by Crippen LogP contribution is 2.37. The molecule has 1 amide bonds. The number of halogens is 2. The Morgan fingerprint density at radius 1 is 0.875 bits per heavy atom. The highest BCUT2D eigenvalue weighted by molar-refractivity contribution is 7.92. The van der Waals surface area contributed by atoms with E-state index in [2.05, 4.69) is 25.0 Å². The lowest BCUT2D eigenvalue weighted by Gasteiger charge is -2.15. The second-order valence-corrected chi connectivity index (χ2v) is 12.1. The number of fused-ring (bicyclic) bond motifs is 1. The molecule has 0 saturated carbocycles. The molecule has 6 rings (SSSR count). The van der Waals surface area contributed by atoms with Crippen molar-refractivity contribution in [1.29, 1.82) is 0 Å². The van der Waals surface area contributed by atoms with E-state index in [9.17, 15) is 22.0 Å². The molecular formula is C34H26F2N6O5S. The summed E-state index contributed by atoms with van der Waals surface area (Å²) in [5.41, 5.74) is 9.30. The molecule has 0 radical (unpaired) electrons. The van der Waals surface area contributed by atoms with E-state index in [0.29, 0.717) is 62.2 Å². The van der Waals surface area contributed by atoms with E-state index >= 15 is 0 Å². The monoisotopic (exact) mass is 668 g/mol. The van der Waals surface area contributed by atoms with Crippen molar-refractivity contribution < 1.29 is 31.5 Å². The van der Waals surface area contributed by atoms with Gasteiger partial charge in [0.25, 0.3) is 15.9 Å². The first-order valence-electron chi connectivity index (χ1n) is 14.2. The Labute approximate surface area is 273 Å². The molecule has 6 aromatic rings. The number of pyridine rings is 1. The number of benzene rings is 4. The smallest absolute Gasteiger partial charge is 0.264 e. The van der Waals surface area contributed by atoms with Crippen molar-refractivity contribution in [2.24, 2.45) is 0 Å². The topological polar surface area (TPSA) is 158 Å². The summed E-state index contributed by atoms with van der Waals surface area (Å²) in [5.74, 6) is -1.86. The number of nitrogens with one attached hydrogen (secondary N) is 2. The number of amides is 1. The number of ether oxygens (including phenoxy) is 2. The third-order valence-corrected chi connectivity index (χ3v) is 8.66. The molecule has 0 unspecified atom stereocenters. The zero-order valence-electron chi connectivity index (χ0n) is 25.4. The first-order chi connectivity index (χ1) is 23.0. The maximum atomic E-state index is 14.4. The summed E-state index contributed by atoms with van der Waals surface area (Å²) in [4.78, 5) is 25.0. The van der Waals surface area contributed by atoms with E-state index in [1.807, 2.05) is 0 Å². The maximum absolute atomic E-state index is 14.4. The lowest BCUT2D eigenvalue weighted by Crippen LogP contribution is -2.15. The van der Waals surface area contributed by atoms with Crippen LogP contribution in [0, 0.1) is 18.6 Å². The molecule has 2 aromatic heterocycles. The fraction of sp³-hybridized carbons (Fsp3) is 0.0588. The third-order valence-electron chi connectivity index (χ3n) is 7.26. The fourth-order valence-electron chi connectivity index (χ4n) is 4.85. The molecular weight excluding hydrogens is 642 g/mol. The van der Waals surface area contributed by atoms with Crippen LogP contribution in [-0.2, 0) is 10.0 Å². The Balaban J connectivity index is 1.33. The van der Waals surface area contributed by atoms with Gasteiger partial charge in [0.1, 0.15) is 39.8 Å². The van der Waals surface area contributed by atoms with Crippen LogP contribution in [0.5, 0.6) is 17.4 Å². The largest absolute Gasteiger partial charge is 0.480 e. The van der Waals surface area contributed by atoms with Gasteiger partial charge in [-0.2, -0.15) is 0 Å². The molecule has 0 bridgehead atoms. The van der Waals surface area contributed by atoms with Crippen molar-refractivity contribution in [3.63, 3.8) is 0 Å². The number of hydrogen-bond acceptors (Lipinski definition) is 9. The Kier molecular flexibility index (Phi) is 8.57. The number of hydrogen-bond donors (Lipinski definition) is 3. The summed E-state index contributed by atoms with van der Waals surface area (Å²) >= 11 is 0. The van der Waals surface area contributed by atoms with Crippen LogP contribution in [0.4, 0.5) is 25.8 Å². The van der Waals surface area contributed by atoms with Crippen LogP contribution in [0.1, 0.15) is 16.1 Å². The average Bonchev–Trinajstić information content (AvgIpc) is 3.06. The highest BCUT2D eigenvalue weighted by Gasteiger charge is 2.23. The number of nitrogens with zero attached hydrogens (tertiary/aromatic N) is 3. The van der Waals surface area contributed by atoms with Crippen molar-refractivity contribution in [3.8, 4) is 28.5 Å². The number of rotatable bonds is 9. The number of anilines is 3. The standard InChI is InChI=1S/C34H26F2N6O5S/c1-19-25-13-21(22-14-29(34(46-2)38-17-22)42-48(44,45)31-12-9-23(35)16-26(31)36)15-30(32(25)40-18-39-19)47-24-10-7-20(8-11-24)33(43)41-28-6-4-3-5-27(28)37/h3-18,42H,37H2,1-2H3,(H,41,43). The van der Waals surface area contributed by atoms with Gasteiger partial charge in [-0.1, -0.05) is 12.1 Å². The van der Waals surface area contributed by atoms with Crippen LogP contribution in [0.2, 0.25) is 0 Å². The van der Waals surface area contributed by atoms with Gasteiger partial charge in [-0.15, -0.1) is 0 Å². The molecule has 0 aliphatic carbocycles. The molecule has 0 aliphatic heterocycles. The van der Waals surface area contributed by atoms with Crippen LogP contribution in [0.15, 0.2) is 102 Å². The molecule has 0 spiro atoms. The molecule has 4 aromatic carbocycles. The summed E-state index contributed by atoms with van der Waals surface area (Å²) in [5, 5.41) is 3.43. The van der Waals surface area contributed by atoms with E-state index in [1.54, 1.807) is 67.6 Å². The molecule has 0 atom stereocenters. The highest BCUT2D eigenvalue weighted by atomic mass is 32.2. The van der Waals surface area contributed by atoms with Gasteiger partial charge < -0.3 is 20.5 Å². The number of aromatic nitrogens is 3. The van der Waals surface area contributed by atoms with E-state index in [4.69, 9.17) is 15.2 Å². The van der Waals surface area contributed by atoms with Crippen molar-refractivity contribution in [1.82, 2.24) is 15.0 Å². The number of nitrogens with two attached hydrogens (primary N) is 1. The minimum atomic E-state index is -4.50. The number of aryl methyl sites for hydroxylation is 1. The number of carbonyl (C=O) groups is 1. The summed E-state index contributed by atoms with van der Waals surface area (Å²) in [6, 6.07) is 20.5. The first-order valence-corrected chi connectivity index (χ1v) is 15.7. The summed E-state index contributed by atoms with van der Waals surface area (Å²) < 4.78 is 67.8. The summed E-state index contributed by atoms with van der Waals surface area (Å²) in [6.07, 6.45) is 2.87. The van der Waals surface area contributed by atoms with Gasteiger partial charge in [-0.25, -0.2) is 32.2 Å². The van der Waals surface area contributed by atoms with Crippen LogP contribution < -0.4 is 25.2 Å². The quantitative estimate of drug-likeness (QED) is 0.142. The van der Waals surface area contributed by atoms with Crippen LogP contribution in [0.25, 0.3) is 22.0 Å². The van der Waals surface area contributed by atoms with Crippen molar-refractivity contribution in [2.75, 3.05) is 22.9 Å². The minimum absolute atomic E-state index is 0.0827. The van der Waals surface area contributed by atoms with Gasteiger partial charge in [0.15, 0.2) is 5.75 Å². The average molecular weight is 669 g/mol. The SMILES string of the molecule is COc1ncc(-c2cc(Oc3ccc(C(=O)Nc4ccccc4N)cc3)c3ncnc(C)c3c2)cc1NS(=O)(=O)c1ccc(F)cc1F. The molecule has 11 nitrogen and oxygen atoms in total. The molecule has 14 heteroatoms. The Morgan fingerprint density at radius 2 is 1.65 bits per heavy atom. The molecule has 0 saturated heterocycles. The van der Waals surface area contributed by atoms with Crippen LogP contribution in [0.3, 0.4) is 0 Å². The number of nitrogen functional groups attached to an aromatic ring is 1. The second kappa shape index (κ2) is 12.9. The summed E-state index contributed by atoms with van der Waals surface area (Å²) in [6.45, 7) is 1.80. The van der Waals surface area contributed by atoms with E-state index in [-0.39, 0.29) is 17.5 Å². The molecule has 0 aliphatic rings. The predicted octanol–water partition coefficient (Wildman–Crippen LogP) is 6.71. The third kappa shape index (κ3) is 6.55. The van der Waals surface area contributed by atoms with E-state index in [0.717, 1.165) is 12.1 Å². The normalized spacial score (nSPS) is 11.2. The lowest BCUT2D eigenvalue weighted by molar-refractivity contribution is 0.102. The lowest BCUT2D eigenvalue weighted by atomic mass is 10.0. The van der Waals surface area contributed by atoms with Gasteiger partial charge >= 0.3 is 0 Å². The van der Waals surface area contributed by atoms with E-state index in [1.165, 1.54) is 25.7 Å². The van der Waals surface area contributed by atoms with Gasteiger partial charge in [0.05, 0.1) is 18.5 Å². The van der Waals surface area contributed by atoms with Crippen molar-refractivity contribution in [2.45, 2.75) is 11.8 Å². The zero-order chi connectivity index (χ0) is 34.0. The molecule has 48 heavy (non-hydrogen) atoms. The summed E-state index contributed by atoms with van der Waals surface area (Å²) in [7, 11) is -3.20. The predicted molar refractivity (Wildman–Crippen MR) is 177 cm³/mol. The van der Waals surface area contributed by atoms with Gasteiger partial charge in [0.2, 0.25) is 5.88 Å². The molecule has 0 fully saturated rings. The number of carbonyl (C=O) groups excluding carboxylic acids is 1. The zero-order valence-corrected chi connectivity index (χ0v) is 26.2. The van der Waals surface area contributed by atoms with E-state index < -0.39 is 26.6 Å². The van der Waals surface area contributed by atoms with Gasteiger partial charge in [-0.05, 0) is 79.2 Å². The fourth-order valence-corrected chi connectivity index (χ4v) is 5.96. The molecule has 2 heterocycles. The number of para-hydroxylation sites is 2. The Hall–Kier alpha value is -6.15.